The highest BCUT2D eigenvalue weighted by molar-refractivity contribution is 7.89. The molecule has 1 N–H and O–H groups in total. The second-order valence-corrected chi connectivity index (χ2v) is 6.39. The zero-order valence-electron chi connectivity index (χ0n) is 9.72. The normalized spacial score (nSPS) is 27.9. The van der Waals surface area contributed by atoms with Crippen LogP contribution in [0.2, 0.25) is 0 Å². The Morgan fingerprint density at radius 3 is 2.56 bits per heavy atom. The Labute approximate surface area is 96.5 Å². The van der Waals surface area contributed by atoms with E-state index in [1.54, 1.807) is 6.92 Å². The molecule has 0 radical (unpaired) electrons. The molecule has 1 fully saturated rings. The fourth-order valence-electron chi connectivity index (χ4n) is 2.04. The minimum atomic E-state index is -3.28. The molecule has 0 spiro atoms. The average molecular weight is 249 g/mol. The van der Waals surface area contributed by atoms with Crippen LogP contribution in [0.25, 0.3) is 0 Å². The van der Waals surface area contributed by atoms with Gasteiger partial charge in [0.15, 0.2) is 0 Å². The molecule has 2 atom stereocenters. The maximum absolute atomic E-state index is 11.9. The maximum atomic E-state index is 11.9. The van der Waals surface area contributed by atoms with Gasteiger partial charge in [0.2, 0.25) is 10.0 Å². The predicted molar refractivity (Wildman–Crippen MR) is 60.6 cm³/mol. The van der Waals surface area contributed by atoms with E-state index in [2.05, 4.69) is 0 Å². The molecule has 2 unspecified atom stereocenters. The number of hydrogen-bond donors (Lipinski definition) is 1. The molecule has 94 valence electrons. The summed E-state index contributed by atoms with van der Waals surface area (Å²) >= 11 is 0. The second kappa shape index (κ2) is 5.14. The SMILES string of the molecule is CCCS(=O)(=O)N1CC(C(=O)O)CCC1C. The average Bonchev–Trinajstić information content (AvgIpc) is 2.17. The molecule has 6 heteroatoms. The van der Waals surface area contributed by atoms with Crippen LogP contribution in [0.1, 0.15) is 33.1 Å². The van der Waals surface area contributed by atoms with Crippen molar-refractivity contribution in [2.45, 2.75) is 39.2 Å². The van der Waals surface area contributed by atoms with Crippen molar-refractivity contribution >= 4 is 16.0 Å². The van der Waals surface area contributed by atoms with Crippen LogP contribution in [0, 0.1) is 5.92 Å². The minimum absolute atomic E-state index is 0.0767. The molecule has 0 aromatic rings. The van der Waals surface area contributed by atoms with Crippen molar-refractivity contribution in [3.63, 3.8) is 0 Å². The molecule has 0 amide bonds. The first-order valence-electron chi connectivity index (χ1n) is 5.60. The quantitative estimate of drug-likeness (QED) is 0.803. The van der Waals surface area contributed by atoms with Gasteiger partial charge in [-0.1, -0.05) is 6.92 Å². The molecule has 1 rings (SSSR count). The lowest BCUT2D eigenvalue weighted by Gasteiger charge is -2.35. The Morgan fingerprint density at radius 2 is 2.06 bits per heavy atom. The number of carboxylic acid groups (broad SMARTS) is 1. The lowest BCUT2D eigenvalue weighted by atomic mass is 9.96. The van der Waals surface area contributed by atoms with Crippen molar-refractivity contribution in [2.75, 3.05) is 12.3 Å². The Hall–Kier alpha value is -0.620. The van der Waals surface area contributed by atoms with Crippen LogP contribution in [0.15, 0.2) is 0 Å². The summed E-state index contributed by atoms with van der Waals surface area (Å²) in [5.74, 6) is -1.35. The van der Waals surface area contributed by atoms with E-state index in [-0.39, 0.29) is 18.3 Å². The van der Waals surface area contributed by atoms with Gasteiger partial charge in [0.25, 0.3) is 0 Å². The van der Waals surface area contributed by atoms with Gasteiger partial charge in [0.1, 0.15) is 0 Å². The van der Waals surface area contributed by atoms with Gasteiger partial charge in [-0.15, -0.1) is 0 Å². The smallest absolute Gasteiger partial charge is 0.307 e. The number of rotatable bonds is 4. The van der Waals surface area contributed by atoms with Crippen molar-refractivity contribution in [2.24, 2.45) is 5.92 Å². The van der Waals surface area contributed by atoms with Gasteiger partial charge >= 0.3 is 5.97 Å². The van der Waals surface area contributed by atoms with Crippen LogP contribution in [-0.2, 0) is 14.8 Å². The summed E-state index contributed by atoms with van der Waals surface area (Å²) < 4.78 is 25.2. The highest BCUT2D eigenvalue weighted by atomic mass is 32.2. The summed E-state index contributed by atoms with van der Waals surface area (Å²) in [6.45, 7) is 3.77. The fourth-order valence-corrected chi connectivity index (χ4v) is 3.85. The molecule has 0 saturated carbocycles. The summed E-state index contributed by atoms with van der Waals surface area (Å²) in [7, 11) is -3.28. The van der Waals surface area contributed by atoms with Gasteiger partial charge in [-0.25, -0.2) is 8.42 Å². The maximum Gasteiger partial charge on any atom is 0.307 e. The third-order valence-electron chi connectivity index (χ3n) is 2.99. The van der Waals surface area contributed by atoms with Gasteiger partial charge in [0.05, 0.1) is 11.7 Å². The third kappa shape index (κ3) is 2.95. The van der Waals surface area contributed by atoms with Crippen LogP contribution in [0.3, 0.4) is 0 Å². The van der Waals surface area contributed by atoms with Crippen molar-refractivity contribution in [1.29, 1.82) is 0 Å². The van der Waals surface area contributed by atoms with E-state index in [1.165, 1.54) is 4.31 Å². The van der Waals surface area contributed by atoms with E-state index in [0.29, 0.717) is 19.3 Å². The fraction of sp³-hybridized carbons (Fsp3) is 0.900. The first kappa shape index (κ1) is 13.4. The third-order valence-corrected chi connectivity index (χ3v) is 5.14. The summed E-state index contributed by atoms with van der Waals surface area (Å²) in [6, 6.07) is -0.0767. The molecular weight excluding hydrogens is 230 g/mol. The highest BCUT2D eigenvalue weighted by Crippen LogP contribution is 2.25. The van der Waals surface area contributed by atoms with E-state index in [4.69, 9.17) is 5.11 Å². The molecule has 1 aliphatic rings. The standard InChI is InChI=1S/C10H19NO4S/c1-3-6-16(14,15)11-7-9(10(12)13)5-4-8(11)2/h8-9H,3-7H2,1-2H3,(H,12,13). The zero-order valence-corrected chi connectivity index (χ0v) is 10.5. The Kier molecular flexibility index (Phi) is 4.32. The zero-order chi connectivity index (χ0) is 12.3. The molecule has 0 bridgehead atoms. The minimum Gasteiger partial charge on any atom is -0.481 e. The number of piperidine rings is 1. The van der Waals surface area contributed by atoms with E-state index >= 15 is 0 Å². The van der Waals surface area contributed by atoms with Gasteiger partial charge in [0, 0.05) is 12.6 Å². The monoisotopic (exact) mass is 249 g/mol. The molecule has 1 saturated heterocycles. The van der Waals surface area contributed by atoms with Gasteiger partial charge < -0.3 is 5.11 Å². The number of hydrogen-bond acceptors (Lipinski definition) is 3. The molecule has 0 aromatic carbocycles. The number of aliphatic carboxylic acids is 1. The van der Waals surface area contributed by atoms with Crippen LogP contribution in [0.5, 0.6) is 0 Å². The lowest BCUT2D eigenvalue weighted by Crippen LogP contribution is -2.48. The van der Waals surface area contributed by atoms with Crippen LogP contribution in [-0.4, -0.2) is 42.1 Å². The molecular formula is C10H19NO4S. The van der Waals surface area contributed by atoms with Crippen molar-refractivity contribution in [1.82, 2.24) is 4.31 Å². The molecule has 0 aliphatic carbocycles. The highest BCUT2D eigenvalue weighted by Gasteiger charge is 2.35. The summed E-state index contributed by atoms with van der Waals surface area (Å²) in [4.78, 5) is 10.9. The van der Waals surface area contributed by atoms with Gasteiger partial charge in [-0.05, 0) is 26.2 Å². The number of nitrogens with zero attached hydrogens (tertiary/aromatic N) is 1. The molecule has 1 aliphatic heterocycles. The lowest BCUT2D eigenvalue weighted by molar-refractivity contribution is -0.143. The Bertz CT molecular complexity index is 352. The summed E-state index contributed by atoms with van der Waals surface area (Å²) in [5, 5.41) is 8.92. The van der Waals surface area contributed by atoms with Gasteiger partial charge in [-0.3, -0.25) is 4.79 Å². The first-order chi connectivity index (χ1) is 7.38. The Balaban J connectivity index is 2.81. The predicted octanol–water partition coefficient (Wildman–Crippen LogP) is 0.911. The summed E-state index contributed by atoms with van der Waals surface area (Å²) in [5.41, 5.74) is 0. The van der Waals surface area contributed by atoms with E-state index < -0.39 is 21.9 Å². The van der Waals surface area contributed by atoms with Crippen LogP contribution < -0.4 is 0 Å². The molecule has 16 heavy (non-hydrogen) atoms. The number of sulfonamides is 1. The second-order valence-electron chi connectivity index (χ2n) is 4.35. The van der Waals surface area contributed by atoms with Crippen molar-refractivity contribution in [3.05, 3.63) is 0 Å². The first-order valence-corrected chi connectivity index (χ1v) is 7.21. The molecule has 0 aromatic heterocycles. The van der Waals surface area contributed by atoms with E-state index in [0.717, 1.165) is 0 Å². The van der Waals surface area contributed by atoms with Gasteiger partial charge in [-0.2, -0.15) is 4.31 Å². The van der Waals surface area contributed by atoms with E-state index in [9.17, 15) is 13.2 Å². The summed E-state index contributed by atoms with van der Waals surface area (Å²) in [6.07, 6.45) is 1.75. The van der Waals surface area contributed by atoms with Crippen molar-refractivity contribution < 1.29 is 18.3 Å². The molecule has 5 nitrogen and oxygen atoms in total. The van der Waals surface area contributed by atoms with Crippen molar-refractivity contribution in [3.8, 4) is 0 Å². The Morgan fingerprint density at radius 1 is 1.44 bits per heavy atom. The van der Waals surface area contributed by atoms with Crippen LogP contribution >= 0.6 is 0 Å². The molecule has 1 heterocycles. The topological polar surface area (TPSA) is 74.7 Å². The van der Waals surface area contributed by atoms with E-state index in [1.807, 2.05) is 6.92 Å². The van der Waals surface area contributed by atoms with Crippen LogP contribution in [0.4, 0.5) is 0 Å². The number of carbonyl (C=O) groups is 1. The largest absolute Gasteiger partial charge is 0.481 e. The number of carboxylic acids is 1.